The predicted octanol–water partition coefficient (Wildman–Crippen LogP) is 1.68. The zero-order valence-corrected chi connectivity index (χ0v) is 10.7. The van der Waals surface area contributed by atoms with E-state index in [2.05, 4.69) is 19.2 Å². The number of hydrogen-bond acceptors (Lipinski definition) is 4. The molecule has 0 spiro atoms. The molecule has 0 radical (unpaired) electrons. The van der Waals surface area contributed by atoms with Gasteiger partial charge in [-0.2, -0.15) is 8.42 Å². The van der Waals surface area contributed by atoms with Gasteiger partial charge in [-0.15, -0.1) is 0 Å². The summed E-state index contributed by atoms with van der Waals surface area (Å²) in [6.45, 7) is 4.14. The summed E-state index contributed by atoms with van der Waals surface area (Å²) < 4.78 is 30.5. The fourth-order valence-electron chi connectivity index (χ4n) is 1.50. The Balaban J connectivity index is 2.69. The maximum absolute atomic E-state index is 10.8. The van der Waals surface area contributed by atoms with Crippen LogP contribution < -0.4 is 11.1 Å². The van der Waals surface area contributed by atoms with E-state index in [1.165, 1.54) is 12.1 Å². The van der Waals surface area contributed by atoms with E-state index < -0.39 is 10.1 Å². The second-order valence-corrected chi connectivity index (χ2v) is 5.80. The molecule has 6 heteroatoms. The maximum atomic E-state index is 10.8. The second kappa shape index (κ2) is 5.48. The van der Waals surface area contributed by atoms with Gasteiger partial charge in [-0.05, 0) is 36.6 Å². The van der Waals surface area contributed by atoms with Gasteiger partial charge in [-0.3, -0.25) is 4.55 Å². The lowest BCUT2D eigenvalue weighted by Crippen LogP contribution is -2.30. The molecule has 4 N–H and O–H groups in total. The molecule has 0 saturated carbocycles. The molecule has 0 amide bonds. The van der Waals surface area contributed by atoms with Crippen molar-refractivity contribution in [3.05, 3.63) is 24.3 Å². The molecule has 96 valence electrons. The Morgan fingerprint density at radius 3 is 2.24 bits per heavy atom. The van der Waals surface area contributed by atoms with Crippen LogP contribution in [0.15, 0.2) is 29.2 Å². The average molecular weight is 258 g/mol. The standard InChI is InChI=1S/C11H18N2O3S/c1-8(2)7-11(12)13-9-3-5-10(6-4-9)17(14,15)16/h3-6,8,11,13H,7,12H2,1-2H3,(H,14,15,16). The van der Waals surface area contributed by atoms with E-state index in [-0.39, 0.29) is 11.1 Å². The third-order valence-electron chi connectivity index (χ3n) is 2.23. The van der Waals surface area contributed by atoms with Crippen molar-refractivity contribution in [2.45, 2.75) is 31.3 Å². The minimum absolute atomic E-state index is 0.125. The normalized spacial score (nSPS) is 13.7. The molecule has 0 bridgehead atoms. The molecular formula is C11H18N2O3S. The van der Waals surface area contributed by atoms with Crippen molar-refractivity contribution in [1.29, 1.82) is 0 Å². The highest BCUT2D eigenvalue weighted by atomic mass is 32.2. The fourth-order valence-corrected chi connectivity index (χ4v) is 1.98. The Morgan fingerprint density at radius 1 is 1.29 bits per heavy atom. The van der Waals surface area contributed by atoms with E-state index in [1.807, 2.05) is 0 Å². The van der Waals surface area contributed by atoms with Crippen LogP contribution in [0.1, 0.15) is 20.3 Å². The van der Waals surface area contributed by atoms with E-state index >= 15 is 0 Å². The molecule has 1 aromatic rings. The molecule has 0 fully saturated rings. The van der Waals surface area contributed by atoms with Gasteiger partial charge < -0.3 is 11.1 Å². The molecule has 0 aliphatic rings. The van der Waals surface area contributed by atoms with E-state index in [0.29, 0.717) is 5.92 Å². The van der Waals surface area contributed by atoms with Crippen molar-refractivity contribution < 1.29 is 13.0 Å². The topological polar surface area (TPSA) is 92.4 Å². The van der Waals surface area contributed by atoms with Gasteiger partial charge in [-0.25, -0.2) is 0 Å². The Labute approximate surface area is 102 Å². The molecular weight excluding hydrogens is 240 g/mol. The number of rotatable bonds is 5. The Hall–Kier alpha value is -1.11. The van der Waals surface area contributed by atoms with Gasteiger partial charge in [-0.1, -0.05) is 13.8 Å². The summed E-state index contributed by atoms with van der Waals surface area (Å²) in [5.41, 5.74) is 6.58. The summed E-state index contributed by atoms with van der Waals surface area (Å²) in [6, 6.07) is 5.81. The number of benzene rings is 1. The summed E-state index contributed by atoms with van der Waals surface area (Å²) in [7, 11) is -4.13. The molecule has 0 heterocycles. The van der Waals surface area contributed by atoms with E-state index in [9.17, 15) is 8.42 Å². The predicted molar refractivity (Wildman–Crippen MR) is 67.3 cm³/mol. The third-order valence-corrected chi connectivity index (χ3v) is 3.10. The fraction of sp³-hybridized carbons (Fsp3) is 0.455. The number of anilines is 1. The van der Waals surface area contributed by atoms with Crippen molar-refractivity contribution in [2.24, 2.45) is 11.7 Å². The number of hydrogen-bond donors (Lipinski definition) is 3. The summed E-state index contributed by atoms with van der Waals surface area (Å²) in [5, 5.41) is 3.05. The smallest absolute Gasteiger partial charge is 0.294 e. The summed E-state index contributed by atoms with van der Waals surface area (Å²) in [4.78, 5) is -0.125. The van der Waals surface area contributed by atoms with Crippen LogP contribution in [-0.4, -0.2) is 19.1 Å². The van der Waals surface area contributed by atoms with Crippen LogP contribution in [0, 0.1) is 5.92 Å². The quantitative estimate of drug-likeness (QED) is 0.552. The summed E-state index contributed by atoms with van der Waals surface area (Å²) in [6.07, 6.45) is 0.645. The summed E-state index contributed by atoms with van der Waals surface area (Å²) >= 11 is 0. The molecule has 1 aromatic carbocycles. The van der Waals surface area contributed by atoms with Crippen LogP contribution in [-0.2, 0) is 10.1 Å². The SMILES string of the molecule is CC(C)CC(N)Nc1ccc(S(=O)(=O)O)cc1. The largest absolute Gasteiger partial charge is 0.370 e. The van der Waals surface area contributed by atoms with Crippen LogP contribution >= 0.6 is 0 Å². The average Bonchev–Trinajstić information content (AvgIpc) is 2.15. The molecule has 0 aliphatic heterocycles. The van der Waals surface area contributed by atoms with Crippen LogP contribution in [0.4, 0.5) is 5.69 Å². The first-order valence-electron chi connectivity index (χ1n) is 5.38. The van der Waals surface area contributed by atoms with Gasteiger partial charge in [0.05, 0.1) is 11.1 Å². The van der Waals surface area contributed by atoms with Crippen molar-refractivity contribution in [3.8, 4) is 0 Å². The van der Waals surface area contributed by atoms with Crippen molar-refractivity contribution in [2.75, 3.05) is 5.32 Å². The summed E-state index contributed by atoms with van der Waals surface area (Å²) in [5.74, 6) is 0.481. The van der Waals surface area contributed by atoms with E-state index in [0.717, 1.165) is 12.1 Å². The molecule has 1 rings (SSSR count). The van der Waals surface area contributed by atoms with Gasteiger partial charge in [0.2, 0.25) is 0 Å². The van der Waals surface area contributed by atoms with Crippen LogP contribution in [0.3, 0.4) is 0 Å². The number of nitrogens with one attached hydrogen (secondary N) is 1. The van der Waals surface area contributed by atoms with Crippen molar-refractivity contribution in [1.82, 2.24) is 0 Å². The van der Waals surface area contributed by atoms with Gasteiger partial charge in [0.1, 0.15) is 0 Å². The maximum Gasteiger partial charge on any atom is 0.294 e. The molecule has 0 saturated heterocycles. The van der Waals surface area contributed by atoms with Crippen LogP contribution in [0.25, 0.3) is 0 Å². The number of nitrogens with two attached hydrogens (primary N) is 1. The molecule has 1 atom stereocenters. The van der Waals surface area contributed by atoms with Crippen LogP contribution in [0.2, 0.25) is 0 Å². The Morgan fingerprint density at radius 2 is 1.82 bits per heavy atom. The van der Waals surface area contributed by atoms with Crippen molar-refractivity contribution >= 4 is 15.8 Å². The van der Waals surface area contributed by atoms with Crippen LogP contribution in [0.5, 0.6) is 0 Å². The lowest BCUT2D eigenvalue weighted by atomic mass is 10.1. The second-order valence-electron chi connectivity index (χ2n) is 4.38. The zero-order valence-electron chi connectivity index (χ0n) is 9.92. The molecule has 0 aromatic heterocycles. The minimum atomic E-state index is -4.13. The lowest BCUT2D eigenvalue weighted by Gasteiger charge is -2.17. The highest BCUT2D eigenvalue weighted by Crippen LogP contribution is 2.15. The zero-order chi connectivity index (χ0) is 13.1. The molecule has 0 aliphatic carbocycles. The van der Waals surface area contributed by atoms with E-state index in [1.54, 1.807) is 12.1 Å². The first kappa shape index (κ1) is 14.0. The highest BCUT2D eigenvalue weighted by molar-refractivity contribution is 7.85. The Kier molecular flexibility index (Phi) is 4.50. The monoisotopic (exact) mass is 258 g/mol. The van der Waals surface area contributed by atoms with Gasteiger partial charge in [0, 0.05) is 5.69 Å². The lowest BCUT2D eigenvalue weighted by molar-refractivity contribution is 0.483. The minimum Gasteiger partial charge on any atom is -0.370 e. The molecule has 17 heavy (non-hydrogen) atoms. The molecule has 5 nitrogen and oxygen atoms in total. The van der Waals surface area contributed by atoms with Gasteiger partial charge in [0.15, 0.2) is 0 Å². The first-order valence-corrected chi connectivity index (χ1v) is 6.82. The van der Waals surface area contributed by atoms with Crippen molar-refractivity contribution in [3.63, 3.8) is 0 Å². The van der Waals surface area contributed by atoms with Gasteiger partial charge in [0.25, 0.3) is 10.1 Å². The first-order chi connectivity index (χ1) is 7.79. The molecule has 1 unspecified atom stereocenters. The highest BCUT2D eigenvalue weighted by Gasteiger charge is 2.09. The Bertz CT molecular complexity index is 454. The van der Waals surface area contributed by atoms with Gasteiger partial charge >= 0.3 is 0 Å². The third kappa shape index (κ3) is 4.72. The van der Waals surface area contributed by atoms with E-state index in [4.69, 9.17) is 10.3 Å².